The number of nitrogens with one attached hydrogen (secondary N) is 1. The Balaban J connectivity index is 1.97. The number of hydrazone groups is 1. The van der Waals surface area contributed by atoms with Crippen molar-refractivity contribution in [2.75, 3.05) is 5.43 Å². The summed E-state index contributed by atoms with van der Waals surface area (Å²) in [5.41, 5.74) is 5.20. The zero-order valence-corrected chi connectivity index (χ0v) is 13.5. The molecule has 7 heteroatoms. The van der Waals surface area contributed by atoms with Crippen LogP contribution in [0.1, 0.15) is 18.1 Å². The molecular weight excluding hydrogens is 320 g/mol. The SMILES string of the molecule is C/C(=N/Nc1ncnc2sc(Cl)c(C)c12)c1ccccc1O. The Morgan fingerprint density at radius 1 is 1.32 bits per heavy atom. The average Bonchev–Trinajstić information content (AvgIpc) is 2.81. The third-order valence-electron chi connectivity index (χ3n) is 3.29. The lowest BCUT2D eigenvalue weighted by atomic mass is 10.1. The number of hydrogen-bond acceptors (Lipinski definition) is 6. The largest absolute Gasteiger partial charge is 0.507 e. The number of aromatic nitrogens is 2. The maximum atomic E-state index is 9.85. The van der Waals surface area contributed by atoms with Crippen LogP contribution >= 0.6 is 22.9 Å². The van der Waals surface area contributed by atoms with Crippen molar-refractivity contribution in [1.82, 2.24) is 9.97 Å². The van der Waals surface area contributed by atoms with Gasteiger partial charge >= 0.3 is 0 Å². The number of aromatic hydroxyl groups is 1. The van der Waals surface area contributed by atoms with Crippen LogP contribution in [0.15, 0.2) is 35.7 Å². The van der Waals surface area contributed by atoms with E-state index in [4.69, 9.17) is 11.6 Å². The van der Waals surface area contributed by atoms with Crippen molar-refractivity contribution >= 4 is 44.7 Å². The van der Waals surface area contributed by atoms with Crippen molar-refractivity contribution in [3.8, 4) is 5.75 Å². The first-order chi connectivity index (χ1) is 10.6. The normalized spacial score (nSPS) is 11.9. The summed E-state index contributed by atoms with van der Waals surface area (Å²) in [5, 5.41) is 15.0. The van der Waals surface area contributed by atoms with Gasteiger partial charge in [0.25, 0.3) is 0 Å². The maximum absolute atomic E-state index is 9.85. The van der Waals surface area contributed by atoms with Gasteiger partial charge in [-0.2, -0.15) is 5.10 Å². The quantitative estimate of drug-likeness (QED) is 0.557. The zero-order chi connectivity index (χ0) is 15.7. The zero-order valence-electron chi connectivity index (χ0n) is 12.0. The number of nitrogens with zero attached hydrogens (tertiary/aromatic N) is 3. The highest BCUT2D eigenvalue weighted by molar-refractivity contribution is 7.22. The second-order valence-corrected chi connectivity index (χ2v) is 6.33. The number of phenols is 1. The number of halogens is 1. The highest BCUT2D eigenvalue weighted by Crippen LogP contribution is 2.36. The van der Waals surface area contributed by atoms with Gasteiger partial charge in [-0.3, -0.25) is 5.43 Å². The van der Waals surface area contributed by atoms with Crippen LogP contribution in [0.4, 0.5) is 5.82 Å². The molecule has 0 saturated carbocycles. The first-order valence-electron chi connectivity index (χ1n) is 6.56. The average molecular weight is 333 g/mol. The van der Waals surface area contributed by atoms with Crippen LogP contribution in [0, 0.1) is 6.92 Å². The maximum Gasteiger partial charge on any atom is 0.158 e. The van der Waals surface area contributed by atoms with Crippen LogP contribution in [-0.2, 0) is 0 Å². The number of thiophene rings is 1. The Labute approximate surface area is 136 Å². The van der Waals surface area contributed by atoms with Gasteiger partial charge in [-0.05, 0) is 31.5 Å². The van der Waals surface area contributed by atoms with Gasteiger partial charge in [0.1, 0.15) is 16.9 Å². The van der Waals surface area contributed by atoms with Crippen molar-refractivity contribution in [2.45, 2.75) is 13.8 Å². The summed E-state index contributed by atoms with van der Waals surface area (Å²) < 4.78 is 0.694. The van der Waals surface area contributed by atoms with Gasteiger partial charge in [-0.1, -0.05) is 23.7 Å². The second kappa shape index (κ2) is 5.90. The van der Waals surface area contributed by atoms with E-state index in [0.29, 0.717) is 21.4 Å². The van der Waals surface area contributed by atoms with Crippen LogP contribution in [-0.4, -0.2) is 20.8 Å². The van der Waals surface area contributed by atoms with Gasteiger partial charge in [0.2, 0.25) is 0 Å². The fourth-order valence-corrected chi connectivity index (χ4v) is 3.30. The molecule has 3 rings (SSSR count). The van der Waals surface area contributed by atoms with E-state index in [1.165, 1.54) is 17.7 Å². The van der Waals surface area contributed by atoms with Crippen LogP contribution in [0.25, 0.3) is 10.2 Å². The molecule has 0 aliphatic heterocycles. The minimum absolute atomic E-state index is 0.188. The van der Waals surface area contributed by atoms with Crippen molar-refractivity contribution in [3.63, 3.8) is 0 Å². The molecule has 0 aliphatic rings. The van der Waals surface area contributed by atoms with Gasteiger partial charge < -0.3 is 5.11 Å². The fourth-order valence-electron chi connectivity index (χ4n) is 2.11. The van der Waals surface area contributed by atoms with Crippen LogP contribution in [0.5, 0.6) is 5.75 Å². The summed E-state index contributed by atoms with van der Waals surface area (Å²) >= 11 is 7.57. The molecule has 0 saturated heterocycles. The van der Waals surface area contributed by atoms with E-state index in [-0.39, 0.29) is 5.75 Å². The molecule has 2 aromatic heterocycles. The van der Waals surface area contributed by atoms with E-state index in [1.807, 2.05) is 19.9 Å². The molecule has 0 amide bonds. The molecule has 0 radical (unpaired) electrons. The van der Waals surface area contributed by atoms with E-state index < -0.39 is 0 Å². The van der Waals surface area contributed by atoms with E-state index >= 15 is 0 Å². The van der Waals surface area contributed by atoms with Gasteiger partial charge in [-0.15, -0.1) is 11.3 Å². The molecule has 5 nitrogen and oxygen atoms in total. The minimum atomic E-state index is 0.188. The standard InChI is InChI=1S/C15H13ClN4OS/c1-8-12-14(17-7-18-15(12)22-13(8)16)20-19-9(2)10-5-3-4-6-11(10)21/h3-7,21H,1-2H3,(H,17,18,20)/b19-9-. The summed E-state index contributed by atoms with van der Waals surface area (Å²) in [6, 6.07) is 7.04. The van der Waals surface area contributed by atoms with Crippen molar-refractivity contribution in [3.05, 3.63) is 46.1 Å². The Kier molecular flexibility index (Phi) is 3.96. The lowest BCUT2D eigenvalue weighted by Gasteiger charge is -2.06. The number of anilines is 1. The Morgan fingerprint density at radius 3 is 2.86 bits per heavy atom. The molecule has 0 spiro atoms. The van der Waals surface area contributed by atoms with E-state index in [0.717, 1.165) is 15.8 Å². The van der Waals surface area contributed by atoms with Crippen LogP contribution < -0.4 is 5.43 Å². The topological polar surface area (TPSA) is 70.4 Å². The second-order valence-electron chi connectivity index (χ2n) is 4.73. The highest BCUT2D eigenvalue weighted by Gasteiger charge is 2.13. The van der Waals surface area contributed by atoms with Gasteiger partial charge in [0.15, 0.2) is 5.82 Å². The first-order valence-corrected chi connectivity index (χ1v) is 7.75. The van der Waals surface area contributed by atoms with Gasteiger partial charge in [-0.25, -0.2) is 9.97 Å². The van der Waals surface area contributed by atoms with Gasteiger partial charge in [0.05, 0.1) is 15.4 Å². The lowest BCUT2D eigenvalue weighted by molar-refractivity contribution is 0.474. The third-order valence-corrected chi connectivity index (χ3v) is 4.80. The smallest absolute Gasteiger partial charge is 0.158 e. The number of hydrogen-bond donors (Lipinski definition) is 2. The predicted molar refractivity (Wildman–Crippen MR) is 91.1 cm³/mol. The molecule has 2 N–H and O–H groups in total. The molecule has 0 bridgehead atoms. The Bertz CT molecular complexity index is 875. The fraction of sp³-hybridized carbons (Fsp3) is 0.133. The lowest BCUT2D eigenvalue weighted by Crippen LogP contribution is -2.01. The summed E-state index contributed by atoms with van der Waals surface area (Å²) in [6.07, 6.45) is 1.47. The van der Waals surface area contributed by atoms with E-state index in [2.05, 4.69) is 20.5 Å². The number of para-hydroxylation sites is 1. The summed E-state index contributed by atoms with van der Waals surface area (Å²) in [7, 11) is 0. The molecule has 0 fully saturated rings. The number of fused-ring (bicyclic) bond motifs is 1. The highest BCUT2D eigenvalue weighted by atomic mass is 35.5. The number of aryl methyl sites for hydroxylation is 1. The summed E-state index contributed by atoms with van der Waals surface area (Å²) in [4.78, 5) is 9.26. The molecule has 1 aromatic carbocycles. The Morgan fingerprint density at radius 2 is 2.09 bits per heavy atom. The summed E-state index contributed by atoms with van der Waals surface area (Å²) in [5.74, 6) is 0.786. The number of benzene rings is 1. The third kappa shape index (κ3) is 2.63. The monoisotopic (exact) mass is 332 g/mol. The predicted octanol–water partition coefficient (Wildman–Crippen LogP) is 4.19. The molecule has 2 heterocycles. The van der Waals surface area contributed by atoms with Crippen LogP contribution in [0.2, 0.25) is 4.34 Å². The van der Waals surface area contributed by atoms with Crippen molar-refractivity contribution in [1.29, 1.82) is 0 Å². The van der Waals surface area contributed by atoms with E-state index in [9.17, 15) is 5.11 Å². The van der Waals surface area contributed by atoms with Crippen molar-refractivity contribution in [2.24, 2.45) is 5.10 Å². The molecule has 0 aliphatic carbocycles. The molecule has 3 aromatic rings. The van der Waals surface area contributed by atoms with Crippen LogP contribution in [0.3, 0.4) is 0 Å². The molecule has 0 unspecified atom stereocenters. The molecular formula is C15H13ClN4OS. The number of phenolic OH excluding ortho intramolecular Hbond substituents is 1. The molecule has 112 valence electrons. The van der Waals surface area contributed by atoms with E-state index in [1.54, 1.807) is 18.2 Å². The minimum Gasteiger partial charge on any atom is -0.507 e. The Hall–Kier alpha value is -2.18. The molecule has 0 atom stereocenters. The summed E-state index contributed by atoms with van der Waals surface area (Å²) in [6.45, 7) is 3.74. The van der Waals surface area contributed by atoms with Crippen molar-refractivity contribution < 1.29 is 5.11 Å². The first kappa shape index (κ1) is 14.7. The van der Waals surface area contributed by atoms with Gasteiger partial charge in [0, 0.05) is 5.56 Å². The number of rotatable bonds is 3. The molecule has 22 heavy (non-hydrogen) atoms.